The Balaban J connectivity index is 2.93. The number of nitrogens with one attached hydrogen (secondary N) is 1. The summed E-state index contributed by atoms with van der Waals surface area (Å²) in [5, 5.41) is 0. The molecule has 0 bridgehead atoms. The summed E-state index contributed by atoms with van der Waals surface area (Å²) in [6.07, 6.45) is -4.67. The molecule has 106 valence electrons. The van der Waals surface area contributed by atoms with Crippen molar-refractivity contribution >= 4 is 15.9 Å². The maximum Gasteiger partial charge on any atom is 0.416 e. The van der Waals surface area contributed by atoms with Crippen LogP contribution in [0.2, 0.25) is 0 Å². The highest BCUT2D eigenvalue weighted by atomic mass is 32.2. The van der Waals surface area contributed by atoms with Crippen LogP contribution >= 0.6 is 0 Å². The van der Waals surface area contributed by atoms with Crippen molar-refractivity contribution in [3.8, 4) is 0 Å². The fraction of sp³-hybridized carbons (Fsp3) is 0.222. The summed E-state index contributed by atoms with van der Waals surface area (Å²) in [6, 6.07) is 3.05. The molecule has 0 aliphatic heterocycles. The van der Waals surface area contributed by atoms with E-state index < -0.39 is 39.2 Å². The number of hydrogen-bond donors (Lipinski definition) is 2. The van der Waals surface area contributed by atoms with E-state index in [1.807, 2.05) is 0 Å². The van der Waals surface area contributed by atoms with Gasteiger partial charge in [-0.1, -0.05) is 11.0 Å². The van der Waals surface area contributed by atoms with Gasteiger partial charge < -0.3 is 5.73 Å². The summed E-state index contributed by atoms with van der Waals surface area (Å²) in [5.74, 6) is -0.938. The highest BCUT2D eigenvalue weighted by Crippen LogP contribution is 2.30. The Labute approximate surface area is 106 Å². The minimum atomic E-state index is -4.67. The molecule has 1 rings (SSSR count). The van der Waals surface area contributed by atoms with Crippen molar-refractivity contribution < 1.29 is 31.2 Å². The Morgan fingerprint density at radius 3 is 2.53 bits per heavy atom. The van der Waals surface area contributed by atoms with Gasteiger partial charge in [0.15, 0.2) is 0 Å². The van der Waals surface area contributed by atoms with Gasteiger partial charge in [0.1, 0.15) is 6.61 Å². The van der Waals surface area contributed by atoms with Crippen molar-refractivity contribution in [2.24, 2.45) is 5.73 Å². The van der Waals surface area contributed by atoms with Gasteiger partial charge in [-0.05, 0) is 18.2 Å². The summed E-state index contributed by atoms with van der Waals surface area (Å²) in [6.45, 7) is -0.738. The maximum atomic E-state index is 12.4. The summed E-state index contributed by atoms with van der Waals surface area (Å²) >= 11 is 0. The zero-order valence-electron chi connectivity index (χ0n) is 9.27. The molecule has 0 radical (unpaired) electrons. The minimum absolute atomic E-state index is 0.440. The third-order valence-electron chi connectivity index (χ3n) is 1.85. The number of benzene rings is 1. The Bertz CT molecular complexity index is 571. The van der Waals surface area contributed by atoms with Gasteiger partial charge in [-0.25, -0.2) is 8.42 Å². The molecule has 1 aromatic carbocycles. The highest BCUT2D eigenvalue weighted by molar-refractivity contribution is 7.89. The molecule has 0 atom stereocenters. The van der Waals surface area contributed by atoms with Gasteiger partial charge in [-0.15, -0.1) is 0 Å². The number of alkyl halides is 3. The number of nitrogens with two attached hydrogens (primary N) is 1. The second-order valence-electron chi connectivity index (χ2n) is 3.37. The van der Waals surface area contributed by atoms with Crippen molar-refractivity contribution in [3.63, 3.8) is 0 Å². The predicted molar refractivity (Wildman–Crippen MR) is 56.9 cm³/mol. The first-order valence-corrected chi connectivity index (χ1v) is 6.20. The third-order valence-corrected chi connectivity index (χ3v) is 3.07. The van der Waals surface area contributed by atoms with Crippen LogP contribution in [0.15, 0.2) is 29.2 Å². The lowest BCUT2D eigenvalue weighted by Gasteiger charge is -2.09. The largest absolute Gasteiger partial charge is 0.416 e. The minimum Gasteiger partial charge on any atom is -0.368 e. The molecule has 1 amide bonds. The molecule has 0 saturated carbocycles. The summed E-state index contributed by atoms with van der Waals surface area (Å²) < 4.78 is 60.3. The van der Waals surface area contributed by atoms with E-state index in [9.17, 15) is 26.4 Å². The molecule has 0 spiro atoms. The van der Waals surface area contributed by atoms with E-state index in [0.29, 0.717) is 6.07 Å². The molecule has 0 heterocycles. The molecule has 1 aromatic rings. The van der Waals surface area contributed by atoms with Crippen LogP contribution in [0, 0.1) is 0 Å². The van der Waals surface area contributed by atoms with E-state index in [1.54, 1.807) is 0 Å². The molecule has 6 nitrogen and oxygen atoms in total. The SMILES string of the molecule is NC(=O)CONS(=O)(=O)c1cccc(C(F)(F)F)c1. The van der Waals surface area contributed by atoms with Gasteiger partial charge >= 0.3 is 6.18 Å². The number of halogens is 3. The van der Waals surface area contributed by atoms with E-state index in [2.05, 4.69) is 4.84 Å². The zero-order valence-corrected chi connectivity index (χ0v) is 10.1. The number of sulfonamides is 1. The Kier molecular flexibility index (Phi) is 4.50. The topological polar surface area (TPSA) is 98.5 Å². The van der Waals surface area contributed by atoms with E-state index in [4.69, 9.17) is 5.73 Å². The predicted octanol–water partition coefficient (Wildman–Crippen LogP) is 0.401. The monoisotopic (exact) mass is 298 g/mol. The molecule has 0 aliphatic carbocycles. The van der Waals surface area contributed by atoms with Crippen molar-refractivity contribution in [3.05, 3.63) is 29.8 Å². The average molecular weight is 298 g/mol. The molecule has 0 aliphatic rings. The Morgan fingerprint density at radius 2 is 2.00 bits per heavy atom. The Hall–Kier alpha value is -1.65. The van der Waals surface area contributed by atoms with Crippen LogP contribution in [0.1, 0.15) is 5.56 Å². The molecule has 0 fully saturated rings. The number of rotatable bonds is 5. The molecule has 10 heteroatoms. The average Bonchev–Trinajstić information content (AvgIpc) is 2.27. The molecule has 3 N–H and O–H groups in total. The maximum absolute atomic E-state index is 12.4. The Morgan fingerprint density at radius 1 is 1.37 bits per heavy atom. The molecular weight excluding hydrogens is 289 g/mol. The fourth-order valence-corrected chi connectivity index (χ4v) is 1.92. The number of carbonyl (C=O) groups is 1. The van der Waals surface area contributed by atoms with E-state index in [0.717, 1.165) is 18.2 Å². The first kappa shape index (κ1) is 15.4. The lowest BCUT2D eigenvalue weighted by Crippen LogP contribution is -2.29. The van der Waals surface area contributed by atoms with Crippen LogP contribution in [0.3, 0.4) is 0 Å². The summed E-state index contributed by atoms with van der Waals surface area (Å²) in [5.41, 5.74) is 3.57. The van der Waals surface area contributed by atoms with Gasteiger partial charge in [0.2, 0.25) is 5.91 Å². The first-order valence-electron chi connectivity index (χ1n) is 4.72. The van der Waals surface area contributed by atoms with Gasteiger partial charge in [-0.3, -0.25) is 9.63 Å². The van der Waals surface area contributed by atoms with Gasteiger partial charge in [0, 0.05) is 0 Å². The van der Waals surface area contributed by atoms with Crippen molar-refractivity contribution in [2.75, 3.05) is 6.61 Å². The van der Waals surface area contributed by atoms with Crippen LogP contribution in [-0.4, -0.2) is 20.9 Å². The summed E-state index contributed by atoms with van der Waals surface area (Å²) in [7, 11) is -4.32. The first-order chi connectivity index (χ1) is 8.63. The van der Waals surface area contributed by atoms with Gasteiger partial charge in [0.05, 0.1) is 10.5 Å². The van der Waals surface area contributed by atoms with E-state index in [-0.39, 0.29) is 0 Å². The van der Waals surface area contributed by atoms with Crippen LogP contribution in [-0.2, 0) is 25.8 Å². The fourth-order valence-electron chi connectivity index (χ4n) is 1.07. The molecule has 0 aromatic heterocycles. The van der Waals surface area contributed by atoms with Crippen molar-refractivity contribution in [1.29, 1.82) is 0 Å². The van der Waals surface area contributed by atoms with Crippen LogP contribution in [0.5, 0.6) is 0 Å². The molecule has 19 heavy (non-hydrogen) atoms. The normalized spacial score (nSPS) is 12.4. The second-order valence-corrected chi connectivity index (χ2v) is 5.01. The summed E-state index contributed by atoms with van der Waals surface area (Å²) in [4.78, 5) is 15.4. The third kappa shape index (κ3) is 4.50. The van der Waals surface area contributed by atoms with Gasteiger partial charge in [0.25, 0.3) is 10.0 Å². The van der Waals surface area contributed by atoms with Gasteiger partial charge in [-0.2, -0.15) is 13.2 Å². The van der Waals surface area contributed by atoms with E-state index in [1.165, 1.54) is 4.89 Å². The highest BCUT2D eigenvalue weighted by Gasteiger charge is 2.31. The number of hydrogen-bond acceptors (Lipinski definition) is 4. The van der Waals surface area contributed by atoms with E-state index >= 15 is 0 Å². The second kappa shape index (κ2) is 5.55. The molecule has 0 unspecified atom stereocenters. The van der Waals surface area contributed by atoms with Crippen molar-refractivity contribution in [2.45, 2.75) is 11.1 Å². The quantitative estimate of drug-likeness (QED) is 0.769. The molecule has 0 saturated heterocycles. The van der Waals surface area contributed by atoms with Crippen LogP contribution in [0.25, 0.3) is 0 Å². The lowest BCUT2D eigenvalue weighted by atomic mass is 10.2. The van der Waals surface area contributed by atoms with Crippen LogP contribution in [0.4, 0.5) is 13.2 Å². The zero-order chi connectivity index (χ0) is 14.7. The number of primary amides is 1. The number of amides is 1. The lowest BCUT2D eigenvalue weighted by molar-refractivity contribution is -0.137. The van der Waals surface area contributed by atoms with Crippen molar-refractivity contribution in [1.82, 2.24) is 4.89 Å². The molecular formula is C9H9F3N2O4S. The standard InChI is InChI=1S/C9H9F3N2O4S/c10-9(11,12)6-2-1-3-7(4-6)19(16,17)14-18-5-8(13)15/h1-4,14H,5H2,(H2,13,15). The van der Waals surface area contributed by atoms with Crippen LogP contribution < -0.4 is 10.6 Å². The number of carbonyl (C=O) groups excluding carboxylic acids is 1. The smallest absolute Gasteiger partial charge is 0.368 e.